The summed E-state index contributed by atoms with van der Waals surface area (Å²) in [6.07, 6.45) is 3.14. The summed E-state index contributed by atoms with van der Waals surface area (Å²) in [5.74, 6) is -0.292. The van der Waals surface area contributed by atoms with Crippen LogP contribution in [0.15, 0.2) is 47.5 Å². The lowest BCUT2D eigenvalue weighted by Crippen LogP contribution is -1.91. The average molecular weight is 234 g/mol. The molecular formula is C12H8ClNO2. The monoisotopic (exact) mass is 233 g/mol. The lowest BCUT2D eigenvalue weighted by molar-refractivity contribution is 0.471. The van der Waals surface area contributed by atoms with Crippen LogP contribution in [-0.2, 0) is 0 Å². The quantitative estimate of drug-likeness (QED) is 0.823. The first-order chi connectivity index (χ1) is 7.66. The summed E-state index contributed by atoms with van der Waals surface area (Å²) in [5.41, 5.74) is 1.02. The third-order valence-corrected chi connectivity index (χ3v) is 2.31. The summed E-state index contributed by atoms with van der Waals surface area (Å²) < 4.78 is 0. The number of hydrogen-bond acceptors (Lipinski definition) is 3. The van der Waals surface area contributed by atoms with E-state index < -0.39 is 5.43 Å². The fourth-order valence-corrected chi connectivity index (χ4v) is 1.51. The van der Waals surface area contributed by atoms with E-state index in [-0.39, 0.29) is 5.75 Å². The molecule has 0 spiro atoms. The van der Waals surface area contributed by atoms with Crippen LogP contribution >= 0.6 is 11.6 Å². The smallest absolute Gasteiger partial charge is 0.220 e. The molecule has 80 valence electrons. The van der Waals surface area contributed by atoms with Gasteiger partial charge in [0.25, 0.3) is 0 Å². The molecule has 1 aromatic carbocycles. The molecule has 0 atom stereocenters. The fourth-order valence-electron chi connectivity index (χ4n) is 1.34. The zero-order valence-electron chi connectivity index (χ0n) is 8.22. The molecule has 0 saturated carbocycles. The van der Waals surface area contributed by atoms with Gasteiger partial charge in [-0.15, -0.1) is 0 Å². The van der Waals surface area contributed by atoms with Crippen molar-refractivity contribution in [2.45, 2.75) is 0 Å². The minimum atomic E-state index is -0.416. The molecule has 0 radical (unpaired) electrons. The Morgan fingerprint density at radius 1 is 1.12 bits per heavy atom. The van der Waals surface area contributed by atoms with E-state index in [9.17, 15) is 9.90 Å². The van der Waals surface area contributed by atoms with Crippen LogP contribution in [0.3, 0.4) is 0 Å². The van der Waals surface area contributed by atoms with Crippen molar-refractivity contribution in [3.05, 3.63) is 58.0 Å². The van der Waals surface area contributed by atoms with Gasteiger partial charge in [0.2, 0.25) is 5.43 Å². The van der Waals surface area contributed by atoms with Gasteiger partial charge in [-0.05, 0) is 23.8 Å². The first-order valence-electron chi connectivity index (χ1n) is 4.61. The number of aromatic nitrogens is 1. The third kappa shape index (κ3) is 2.20. The van der Waals surface area contributed by atoms with Crippen LogP contribution < -0.4 is 5.43 Å². The molecule has 4 heteroatoms. The molecule has 0 bridgehead atoms. The van der Waals surface area contributed by atoms with Crippen LogP contribution in [-0.4, -0.2) is 10.1 Å². The Morgan fingerprint density at radius 3 is 2.69 bits per heavy atom. The molecule has 0 aliphatic carbocycles. The maximum absolute atomic E-state index is 11.2. The maximum Gasteiger partial charge on any atom is 0.220 e. The highest BCUT2D eigenvalue weighted by atomic mass is 35.5. The Labute approximate surface area is 97.0 Å². The van der Waals surface area contributed by atoms with E-state index in [0.29, 0.717) is 10.6 Å². The topological polar surface area (TPSA) is 50.2 Å². The van der Waals surface area contributed by atoms with Gasteiger partial charge in [0, 0.05) is 18.0 Å². The molecule has 1 heterocycles. The van der Waals surface area contributed by atoms with Crippen LogP contribution in [0.1, 0.15) is 0 Å². The Balaban J connectivity index is 2.62. The van der Waals surface area contributed by atoms with Crippen LogP contribution in [0.2, 0.25) is 5.02 Å². The van der Waals surface area contributed by atoms with Gasteiger partial charge in [-0.3, -0.25) is 9.78 Å². The molecule has 2 rings (SSSR count). The second-order valence-corrected chi connectivity index (χ2v) is 3.70. The number of rotatable bonds is 1. The van der Waals surface area contributed by atoms with Gasteiger partial charge in [-0.25, -0.2) is 0 Å². The van der Waals surface area contributed by atoms with Gasteiger partial charge in [0.05, 0.1) is 5.02 Å². The van der Waals surface area contributed by atoms with Crippen molar-refractivity contribution >= 4 is 11.6 Å². The zero-order valence-corrected chi connectivity index (χ0v) is 8.98. The summed E-state index contributed by atoms with van der Waals surface area (Å²) in [7, 11) is 0. The predicted molar refractivity (Wildman–Crippen MR) is 62.6 cm³/mol. The van der Waals surface area contributed by atoms with E-state index in [1.807, 2.05) is 0 Å². The molecule has 1 N–H and O–H groups in total. The van der Waals surface area contributed by atoms with E-state index in [1.165, 1.54) is 18.3 Å². The first-order valence-corrected chi connectivity index (χ1v) is 4.99. The number of aromatic hydroxyl groups is 1. The van der Waals surface area contributed by atoms with Crippen molar-refractivity contribution in [2.24, 2.45) is 0 Å². The van der Waals surface area contributed by atoms with Crippen LogP contribution in [0.4, 0.5) is 0 Å². The van der Waals surface area contributed by atoms with Gasteiger partial charge in [0.15, 0.2) is 5.75 Å². The van der Waals surface area contributed by atoms with Crippen molar-refractivity contribution in [1.29, 1.82) is 0 Å². The summed E-state index contributed by atoms with van der Waals surface area (Å²) in [4.78, 5) is 15.1. The van der Waals surface area contributed by atoms with Crippen LogP contribution in [0.25, 0.3) is 11.1 Å². The molecule has 0 fully saturated rings. The lowest BCUT2D eigenvalue weighted by atomic mass is 10.1. The summed E-state index contributed by atoms with van der Waals surface area (Å²) >= 11 is 5.81. The van der Waals surface area contributed by atoms with Gasteiger partial charge < -0.3 is 5.11 Å². The standard InChI is InChI=1S/C12H8ClNO2/c13-10-4-9(6-14-7-10)8-2-1-3-11(15)12(16)5-8/h1-7H,(H,15,16). The molecule has 2 aromatic rings. The molecule has 0 unspecified atom stereocenters. The number of nitrogens with zero attached hydrogens (tertiary/aromatic N) is 1. The Morgan fingerprint density at radius 2 is 1.94 bits per heavy atom. The van der Waals surface area contributed by atoms with Crippen molar-refractivity contribution in [3.8, 4) is 16.9 Å². The molecule has 16 heavy (non-hydrogen) atoms. The molecule has 3 nitrogen and oxygen atoms in total. The highest BCUT2D eigenvalue weighted by molar-refractivity contribution is 6.30. The summed E-state index contributed by atoms with van der Waals surface area (Å²) in [6, 6.07) is 7.72. The third-order valence-electron chi connectivity index (χ3n) is 2.11. The van der Waals surface area contributed by atoms with Crippen LogP contribution in [0.5, 0.6) is 5.75 Å². The molecule has 0 aliphatic heterocycles. The highest BCUT2D eigenvalue weighted by Gasteiger charge is 2.01. The maximum atomic E-state index is 11.2. The van der Waals surface area contributed by atoms with Gasteiger partial charge in [-0.2, -0.15) is 0 Å². The van der Waals surface area contributed by atoms with Crippen molar-refractivity contribution in [1.82, 2.24) is 4.98 Å². The molecule has 0 aliphatic rings. The number of hydrogen-bond donors (Lipinski definition) is 1. The average Bonchev–Trinajstić information content (AvgIpc) is 2.42. The minimum absolute atomic E-state index is 0.292. The van der Waals surface area contributed by atoms with Gasteiger partial charge in [-0.1, -0.05) is 23.7 Å². The lowest BCUT2D eigenvalue weighted by Gasteiger charge is -1.98. The largest absolute Gasteiger partial charge is 0.504 e. The van der Waals surface area contributed by atoms with Crippen LogP contribution in [0, 0.1) is 0 Å². The van der Waals surface area contributed by atoms with Crippen molar-refractivity contribution in [2.75, 3.05) is 0 Å². The van der Waals surface area contributed by atoms with E-state index in [0.717, 1.165) is 5.56 Å². The fraction of sp³-hybridized carbons (Fsp3) is 0. The normalized spacial score (nSPS) is 10.1. The van der Waals surface area contributed by atoms with Crippen molar-refractivity contribution < 1.29 is 5.11 Å². The van der Waals surface area contributed by atoms with E-state index in [4.69, 9.17) is 11.6 Å². The zero-order chi connectivity index (χ0) is 11.5. The first kappa shape index (κ1) is 10.6. The highest BCUT2D eigenvalue weighted by Crippen LogP contribution is 2.22. The molecule has 0 saturated heterocycles. The van der Waals surface area contributed by atoms with E-state index in [1.54, 1.807) is 24.4 Å². The van der Waals surface area contributed by atoms with E-state index >= 15 is 0 Å². The molecular weight excluding hydrogens is 226 g/mol. The SMILES string of the molecule is O=c1cccc(-c2cncc(Cl)c2)cc1O. The van der Waals surface area contributed by atoms with Gasteiger partial charge in [0.1, 0.15) is 0 Å². The van der Waals surface area contributed by atoms with Crippen molar-refractivity contribution in [3.63, 3.8) is 0 Å². The summed E-state index contributed by atoms with van der Waals surface area (Å²) in [5, 5.41) is 9.93. The Hall–Kier alpha value is -1.87. The second-order valence-electron chi connectivity index (χ2n) is 3.27. The minimum Gasteiger partial charge on any atom is -0.504 e. The van der Waals surface area contributed by atoms with Gasteiger partial charge >= 0.3 is 0 Å². The van der Waals surface area contributed by atoms with E-state index in [2.05, 4.69) is 4.98 Å². The second kappa shape index (κ2) is 4.33. The number of halogens is 1. The molecule has 0 amide bonds. The summed E-state index contributed by atoms with van der Waals surface area (Å²) in [6.45, 7) is 0. The molecule has 1 aromatic heterocycles. The number of pyridine rings is 1. The Bertz CT molecular complexity index is 584. The Kier molecular flexibility index (Phi) is 2.88. The predicted octanol–water partition coefficient (Wildman–Crippen LogP) is 2.47.